The highest BCUT2D eigenvalue weighted by Crippen LogP contribution is 2.29. The first-order valence-corrected chi connectivity index (χ1v) is 8.13. The summed E-state index contributed by atoms with van der Waals surface area (Å²) in [6, 6.07) is 7.55. The average molecular weight is 331 g/mol. The predicted molar refractivity (Wildman–Crippen MR) is 84.7 cm³/mol. The molecule has 0 aliphatic carbocycles. The number of benzene rings is 1. The number of aliphatic hydroxyl groups is 1. The van der Waals surface area contributed by atoms with Gasteiger partial charge in [0, 0.05) is 22.2 Å². The Morgan fingerprint density at radius 2 is 2.00 bits per heavy atom. The van der Waals surface area contributed by atoms with Gasteiger partial charge in [0.25, 0.3) is 0 Å². The fraction of sp³-hybridized carbons (Fsp3) is 0.357. The van der Waals surface area contributed by atoms with Gasteiger partial charge in [-0.15, -0.1) is 11.8 Å². The van der Waals surface area contributed by atoms with Crippen molar-refractivity contribution in [3.05, 3.63) is 46.2 Å². The molecule has 20 heavy (non-hydrogen) atoms. The van der Waals surface area contributed by atoms with Crippen LogP contribution in [0.5, 0.6) is 0 Å². The van der Waals surface area contributed by atoms with Crippen molar-refractivity contribution in [3.63, 3.8) is 0 Å². The van der Waals surface area contributed by atoms with E-state index in [0.29, 0.717) is 21.5 Å². The van der Waals surface area contributed by atoms with Crippen LogP contribution < -0.4 is 0 Å². The number of halogens is 2. The number of rotatable bonds is 6. The summed E-state index contributed by atoms with van der Waals surface area (Å²) in [5.41, 5.74) is 0.690. The van der Waals surface area contributed by atoms with Gasteiger partial charge in [-0.3, -0.25) is 4.68 Å². The summed E-state index contributed by atoms with van der Waals surface area (Å²) in [5, 5.41) is 15.7. The second-order valence-corrected chi connectivity index (χ2v) is 6.32. The molecule has 108 valence electrons. The van der Waals surface area contributed by atoms with E-state index in [1.54, 1.807) is 22.6 Å². The highest BCUT2D eigenvalue weighted by atomic mass is 35.5. The van der Waals surface area contributed by atoms with Gasteiger partial charge in [0.1, 0.15) is 6.10 Å². The van der Waals surface area contributed by atoms with Crippen LogP contribution in [0.25, 0.3) is 0 Å². The summed E-state index contributed by atoms with van der Waals surface area (Å²) in [4.78, 5) is 1.06. The standard InChI is InChI=1S/C14H16Cl2N2OS/c1-2-7-18-14(12(16)8-17-18)13(19)9-20-11-5-3-10(15)4-6-11/h3-6,8,13,19H,2,7,9H2,1H3. The van der Waals surface area contributed by atoms with E-state index in [2.05, 4.69) is 12.0 Å². The fourth-order valence-electron chi connectivity index (χ4n) is 1.88. The minimum atomic E-state index is -0.641. The van der Waals surface area contributed by atoms with E-state index in [1.165, 1.54) is 0 Å². The molecule has 0 amide bonds. The predicted octanol–water partition coefficient (Wildman–Crippen LogP) is 4.43. The summed E-state index contributed by atoms with van der Waals surface area (Å²) >= 11 is 13.5. The molecule has 6 heteroatoms. The largest absolute Gasteiger partial charge is 0.386 e. The maximum absolute atomic E-state index is 10.3. The Morgan fingerprint density at radius 3 is 2.65 bits per heavy atom. The fourth-order valence-corrected chi connectivity index (χ4v) is 3.11. The zero-order valence-electron chi connectivity index (χ0n) is 11.1. The zero-order valence-corrected chi connectivity index (χ0v) is 13.4. The number of nitrogens with zero attached hydrogens (tertiary/aromatic N) is 2. The third kappa shape index (κ3) is 3.92. The molecule has 0 saturated carbocycles. The smallest absolute Gasteiger partial charge is 0.106 e. The van der Waals surface area contributed by atoms with Crippen LogP contribution in [0.1, 0.15) is 25.1 Å². The van der Waals surface area contributed by atoms with Gasteiger partial charge in [-0.25, -0.2) is 0 Å². The minimum absolute atomic E-state index is 0.516. The summed E-state index contributed by atoms with van der Waals surface area (Å²) in [6.45, 7) is 2.82. The number of hydrogen-bond acceptors (Lipinski definition) is 3. The molecule has 1 aromatic heterocycles. The highest BCUT2D eigenvalue weighted by molar-refractivity contribution is 7.99. The number of hydrogen-bond donors (Lipinski definition) is 1. The Balaban J connectivity index is 2.02. The maximum Gasteiger partial charge on any atom is 0.106 e. The third-order valence-corrected chi connectivity index (χ3v) is 4.44. The lowest BCUT2D eigenvalue weighted by Crippen LogP contribution is -2.11. The Kier molecular flexibility index (Phi) is 5.78. The van der Waals surface area contributed by atoms with E-state index in [9.17, 15) is 5.11 Å². The van der Waals surface area contributed by atoms with Crippen LogP contribution in [0.4, 0.5) is 0 Å². The first kappa shape index (κ1) is 15.7. The Morgan fingerprint density at radius 1 is 1.30 bits per heavy atom. The molecule has 0 bridgehead atoms. The van der Waals surface area contributed by atoms with Gasteiger partial charge < -0.3 is 5.11 Å². The van der Waals surface area contributed by atoms with Crippen molar-refractivity contribution >= 4 is 35.0 Å². The van der Waals surface area contributed by atoms with Crippen molar-refractivity contribution in [1.82, 2.24) is 9.78 Å². The van der Waals surface area contributed by atoms with E-state index >= 15 is 0 Å². The van der Waals surface area contributed by atoms with E-state index in [4.69, 9.17) is 23.2 Å². The lowest BCUT2D eigenvalue weighted by Gasteiger charge is -2.13. The molecule has 0 radical (unpaired) electrons. The molecular weight excluding hydrogens is 315 g/mol. The summed E-state index contributed by atoms with van der Waals surface area (Å²) in [7, 11) is 0. The lowest BCUT2D eigenvalue weighted by molar-refractivity contribution is 0.191. The van der Waals surface area contributed by atoms with Crippen molar-refractivity contribution in [3.8, 4) is 0 Å². The van der Waals surface area contributed by atoms with Gasteiger partial charge in [-0.05, 0) is 30.7 Å². The summed E-state index contributed by atoms with van der Waals surface area (Å²) in [5.74, 6) is 0.525. The second kappa shape index (κ2) is 7.36. The Bertz CT molecular complexity index is 557. The number of aromatic nitrogens is 2. The van der Waals surface area contributed by atoms with Gasteiger partial charge in [0.2, 0.25) is 0 Å². The monoisotopic (exact) mass is 330 g/mol. The van der Waals surface area contributed by atoms with Gasteiger partial charge in [-0.1, -0.05) is 30.1 Å². The summed E-state index contributed by atoms with van der Waals surface area (Å²) in [6.07, 6.45) is 1.89. The minimum Gasteiger partial charge on any atom is -0.386 e. The zero-order chi connectivity index (χ0) is 14.5. The molecule has 2 aromatic rings. The van der Waals surface area contributed by atoms with Gasteiger partial charge in [0.15, 0.2) is 0 Å². The first-order valence-electron chi connectivity index (χ1n) is 6.39. The Labute approximate surface area is 132 Å². The topological polar surface area (TPSA) is 38.0 Å². The molecule has 0 fully saturated rings. The van der Waals surface area contributed by atoms with Crippen molar-refractivity contribution in [2.75, 3.05) is 5.75 Å². The van der Waals surface area contributed by atoms with Gasteiger partial charge in [-0.2, -0.15) is 5.10 Å². The molecule has 0 aliphatic rings. The highest BCUT2D eigenvalue weighted by Gasteiger charge is 2.18. The number of thioether (sulfide) groups is 1. The number of aliphatic hydroxyl groups excluding tert-OH is 1. The lowest BCUT2D eigenvalue weighted by atomic mass is 10.3. The van der Waals surface area contributed by atoms with Gasteiger partial charge in [0.05, 0.1) is 16.9 Å². The van der Waals surface area contributed by atoms with Crippen LogP contribution >= 0.6 is 35.0 Å². The number of aryl methyl sites for hydroxylation is 1. The van der Waals surface area contributed by atoms with Crippen LogP contribution in [-0.2, 0) is 6.54 Å². The van der Waals surface area contributed by atoms with Crippen LogP contribution in [-0.4, -0.2) is 20.6 Å². The van der Waals surface area contributed by atoms with Crippen LogP contribution in [0.15, 0.2) is 35.4 Å². The molecule has 1 unspecified atom stereocenters. The average Bonchev–Trinajstić information content (AvgIpc) is 2.79. The van der Waals surface area contributed by atoms with Crippen LogP contribution in [0.2, 0.25) is 10.0 Å². The molecule has 1 heterocycles. The van der Waals surface area contributed by atoms with E-state index in [-0.39, 0.29) is 0 Å². The molecule has 0 saturated heterocycles. The van der Waals surface area contributed by atoms with Crippen LogP contribution in [0, 0.1) is 0 Å². The molecular formula is C14H16Cl2N2OS. The van der Waals surface area contributed by atoms with Gasteiger partial charge >= 0.3 is 0 Å². The second-order valence-electron chi connectivity index (χ2n) is 4.38. The van der Waals surface area contributed by atoms with E-state index in [0.717, 1.165) is 17.9 Å². The quantitative estimate of drug-likeness (QED) is 0.796. The molecule has 1 atom stereocenters. The molecule has 0 spiro atoms. The van der Waals surface area contributed by atoms with E-state index in [1.807, 2.05) is 24.3 Å². The Hall–Kier alpha value is -0.680. The normalized spacial score (nSPS) is 12.6. The van der Waals surface area contributed by atoms with Crippen molar-refractivity contribution in [1.29, 1.82) is 0 Å². The third-order valence-electron chi connectivity index (χ3n) is 2.81. The molecule has 3 nitrogen and oxygen atoms in total. The SMILES string of the molecule is CCCn1ncc(Cl)c1C(O)CSc1ccc(Cl)cc1. The maximum atomic E-state index is 10.3. The molecule has 1 aromatic carbocycles. The summed E-state index contributed by atoms with van der Waals surface area (Å²) < 4.78 is 1.77. The molecule has 0 aliphatic heterocycles. The van der Waals surface area contributed by atoms with E-state index < -0.39 is 6.10 Å². The first-order chi connectivity index (χ1) is 9.61. The molecule has 1 N–H and O–H groups in total. The van der Waals surface area contributed by atoms with Crippen molar-refractivity contribution < 1.29 is 5.11 Å². The molecule has 2 rings (SSSR count). The van der Waals surface area contributed by atoms with Crippen molar-refractivity contribution in [2.24, 2.45) is 0 Å². The van der Waals surface area contributed by atoms with Crippen LogP contribution in [0.3, 0.4) is 0 Å². The van der Waals surface area contributed by atoms with Crippen molar-refractivity contribution in [2.45, 2.75) is 30.9 Å².